The van der Waals surface area contributed by atoms with E-state index in [9.17, 15) is 14.4 Å². The van der Waals surface area contributed by atoms with Crippen LogP contribution in [0.15, 0.2) is 72.8 Å². The molecule has 1 unspecified atom stereocenters. The standard InChI is InChI=1S/C27H27NO6/c1-4-23(29)19-11-13-21(14-12-19)33-17-25(30)34-26(20-8-6-5-7-9-20)27(31)28-22-16-18(2)10-15-24(22)32-3/h5-16,26H,4,17H2,1-3H3,(H,28,31). The van der Waals surface area contributed by atoms with Crippen LogP contribution >= 0.6 is 0 Å². The van der Waals surface area contributed by atoms with Crippen molar-refractivity contribution in [1.29, 1.82) is 0 Å². The third kappa shape index (κ3) is 6.45. The Hall–Kier alpha value is -4.13. The van der Waals surface area contributed by atoms with Gasteiger partial charge in [0.2, 0.25) is 6.10 Å². The second-order valence-electron chi connectivity index (χ2n) is 7.56. The molecule has 0 bridgehead atoms. The average molecular weight is 462 g/mol. The maximum atomic E-state index is 13.1. The number of anilines is 1. The largest absolute Gasteiger partial charge is 0.495 e. The molecule has 7 nitrogen and oxygen atoms in total. The van der Waals surface area contributed by atoms with E-state index in [4.69, 9.17) is 14.2 Å². The van der Waals surface area contributed by atoms with Gasteiger partial charge in [0.15, 0.2) is 12.4 Å². The van der Waals surface area contributed by atoms with Gasteiger partial charge in [0, 0.05) is 17.5 Å². The van der Waals surface area contributed by atoms with Gasteiger partial charge in [-0.3, -0.25) is 9.59 Å². The molecule has 0 aliphatic heterocycles. The summed E-state index contributed by atoms with van der Waals surface area (Å²) in [5.41, 5.74) is 2.50. The lowest BCUT2D eigenvalue weighted by Crippen LogP contribution is -2.28. The molecular formula is C27H27NO6. The van der Waals surface area contributed by atoms with Crippen molar-refractivity contribution in [2.75, 3.05) is 19.0 Å². The highest BCUT2D eigenvalue weighted by atomic mass is 16.6. The van der Waals surface area contributed by atoms with E-state index in [1.165, 1.54) is 7.11 Å². The molecule has 0 heterocycles. The lowest BCUT2D eigenvalue weighted by atomic mass is 10.1. The summed E-state index contributed by atoms with van der Waals surface area (Å²) in [6.07, 6.45) is -0.781. The monoisotopic (exact) mass is 461 g/mol. The highest BCUT2D eigenvalue weighted by molar-refractivity contribution is 5.97. The van der Waals surface area contributed by atoms with Crippen molar-refractivity contribution in [1.82, 2.24) is 0 Å². The zero-order valence-electron chi connectivity index (χ0n) is 19.4. The Labute approximate surface area is 198 Å². The Bertz CT molecular complexity index is 1140. The van der Waals surface area contributed by atoms with Crippen LogP contribution < -0.4 is 14.8 Å². The number of esters is 1. The van der Waals surface area contributed by atoms with E-state index >= 15 is 0 Å². The summed E-state index contributed by atoms with van der Waals surface area (Å²) in [5, 5.41) is 2.79. The van der Waals surface area contributed by atoms with Crippen LogP contribution in [0.25, 0.3) is 0 Å². The van der Waals surface area contributed by atoms with E-state index in [0.29, 0.717) is 34.7 Å². The van der Waals surface area contributed by atoms with Crippen LogP contribution in [-0.2, 0) is 14.3 Å². The molecule has 1 N–H and O–H groups in total. The molecule has 0 spiro atoms. The van der Waals surface area contributed by atoms with Gasteiger partial charge in [-0.25, -0.2) is 4.79 Å². The molecule has 0 saturated heterocycles. The SMILES string of the molecule is CCC(=O)c1ccc(OCC(=O)OC(C(=O)Nc2cc(C)ccc2OC)c2ccccc2)cc1. The fourth-order valence-corrected chi connectivity index (χ4v) is 3.27. The lowest BCUT2D eigenvalue weighted by Gasteiger charge is -2.19. The molecule has 0 saturated carbocycles. The van der Waals surface area contributed by atoms with Crippen LogP contribution in [0.1, 0.15) is 40.9 Å². The number of hydrogen-bond acceptors (Lipinski definition) is 6. The van der Waals surface area contributed by atoms with E-state index in [-0.39, 0.29) is 5.78 Å². The van der Waals surface area contributed by atoms with E-state index in [0.717, 1.165) is 5.56 Å². The zero-order chi connectivity index (χ0) is 24.5. The van der Waals surface area contributed by atoms with Crippen molar-refractivity contribution in [2.45, 2.75) is 26.4 Å². The molecule has 3 aromatic carbocycles. The highest BCUT2D eigenvalue weighted by Crippen LogP contribution is 2.28. The number of carbonyl (C=O) groups excluding carboxylic acids is 3. The quantitative estimate of drug-likeness (QED) is 0.341. The van der Waals surface area contributed by atoms with Crippen LogP contribution in [0.2, 0.25) is 0 Å². The van der Waals surface area contributed by atoms with Gasteiger partial charge in [0.1, 0.15) is 11.5 Å². The molecule has 176 valence electrons. The number of methoxy groups -OCH3 is 1. The van der Waals surface area contributed by atoms with E-state index in [1.54, 1.807) is 73.7 Å². The number of Topliss-reactive ketones (excluding diaryl/α,β-unsaturated/α-hetero) is 1. The molecule has 1 amide bonds. The van der Waals surface area contributed by atoms with Crippen molar-refractivity contribution in [3.63, 3.8) is 0 Å². The maximum Gasteiger partial charge on any atom is 0.345 e. The van der Waals surface area contributed by atoms with Gasteiger partial charge in [0.05, 0.1) is 12.8 Å². The van der Waals surface area contributed by atoms with Crippen molar-refractivity contribution < 1.29 is 28.6 Å². The summed E-state index contributed by atoms with van der Waals surface area (Å²) in [4.78, 5) is 37.4. The van der Waals surface area contributed by atoms with Gasteiger partial charge in [-0.1, -0.05) is 43.3 Å². The average Bonchev–Trinajstić information content (AvgIpc) is 2.86. The van der Waals surface area contributed by atoms with Crippen molar-refractivity contribution in [3.05, 3.63) is 89.5 Å². The van der Waals surface area contributed by atoms with Gasteiger partial charge in [-0.15, -0.1) is 0 Å². The van der Waals surface area contributed by atoms with E-state index in [2.05, 4.69) is 5.32 Å². The molecule has 34 heavy (non-hydrogen) atoms. The normalized spacial score (nSPS) is 11.3. The minimum Gasteiger partial charge on any atom is -0.495 e. The lowest BCUT2D eigenvalue weighted by molar-refractivity contribution is -0.156. The predicted octanol–water partition coefficient (Wildman–Crippen LogP) is 4.90. The third-order valence-corrected chi connectivity index (χ3v) is 5.06. The molecule has 0 aromatic heterocycles. The molecule has 0 aliphatic rings. The molecule has 0 fully saturated rings. The summed E-state index contributed by atoms with van der Waals surface area (Å²) in [7, 11) is 1.51. The number of aryl methyl sites for hydroxylation is 1. The van der Waals surface area contributed by atoms with Crippen LogP contribution in [0.5, 0.6) is 11.5 Å². The molecule has 1 atom stereocenters. The van der Waals surface area contributed by atoms with Crippen LogP contribution in [0.4, 0.5) is 5.69 Å². The first-order chi connectivity index (χ1) is 16.4. The van der Waals surface area contributed by atoms with Gasteiger partial charge in [-0.2, -0.15) is 0 Å². The summed E-state index contributed by atoms with van der Waals surface area (Å²) >= 11 is 0. The summed E-state index contributed by atoms with van der Waals surface area (Å²) in [6, 6.07) is 20.6. The number of carbonyl (C=O) groups is 3. The molecular weight excluding hydrogens is 434 g/mol. The Morgan fingerprint density at radius 2 is 1.65 bits per heavy atom. The Morgan fingerprint density at radius 3 is 2.29 bits per heavy atom. The van der Waals surface area contributed by atoms with Crippen LogP contribution in [-0.4, -0.2) is 31.4 Å². The fraction of sp³-hybridized carbons (Fsp3) is 0.222. The number of benzene rings is 3. The fourth-order valence-electron chi connectivity index (χ4n) is 3.27. The zero-order valence-corrected chi connectivity index (χ0v) is 19.4. The second-order valence-corrected chi connectivity index (χ2v) is 7.56. The smallest absolute Gasteiger partial charge is 0.345 e. The number of rotatable bonds is 10. The van der Waals surface area contributed by atoms with Crippen molar-refractivity contribution >= 4 is 23.3 Å². The van der Waals surface area contributed by atoms with E-state index < -0.39 is 24.6 Å². The molecule has 0 radical (unpaired) electrons. The van der Waals surface area contributed by atoms with Gasteiger partial charge in [0.25, 0.3) is 5.91 Å². The van der Waals surface area contributed by atoms with Gasteiger partial charge in [-0.05, 0) is 48.9 Å². The van der Waals surface area contributed by atoms with Crippen molar-refractivity contribution in [3.8, 4) is 11.5 Å². The first-order valence-corrected chi connectivity index (χ1v) is 10.9. The first kappa shape index (κ1) is 24.5. The number of ether oxygens (including phenoxy) is 3. The molecule has 7 heteroatoms. The summed E-state index contributed by atoms with van der Waals surface area (Å²) in [5.74, 6) is -0.312. The third-order valence-electron chi connectivity index (χ3n) is 5.06. The minimum atomic E-state index is -1.19. The van der Waals surface area contributed by atoms with E-state index in [1.807, 2.05) is 13.0 Å². The topological polar surface area (TPSA) is 90.9 Å². The van der Waals surface area contributed by atoms with Crippen LogP contribution in [0, 0.1) is 6.92 Å². The van der Waals surface area contributed by atoms with Crippen molar-refractivity contribution in [2.24, 2.45) is 0 Å². The van der Waals surface area contributed by atoms with Gasteiger partial charge < -0.3 is 19.5 Å². The number of hydrogen-bond donors (Lipinski definition) is 1. The second kappa shape index (κ2) is 11.7. The Kier molecular flexibility index (Phi) is 8.40. The highest BCUT2D eigenvalue weighted by Gasteiger charge is 2.26. The number of amides is 1. The maximum absolute atomic E-state index is 13.1. The Balaban J connectivity index is 1.70. The molecule has 3 aromatic rings. The number of ketones is 1. The Morgan fingerprint density at radius 1 is 0.941 bits per heavy atom. The molecule has 0 aliphatic carbocycles. The van der Waals surface area contributed by atoms with Gasteiger partial charge >= 0.3 is 5.97 Å². The summed E-state index contributed by atoms with van der Waals surface area (Å²) in [6.45, 7) is 3.29. The summed E-state index contributed by atoms with van der Waals surface area (Å²) < 4.78 is 16.3. The number of nitrogens with one attached hydrogen (secondary N) is 1. The predicted molar refractivity (Wildman–Crippen MR) is 128 cm³/mol. The minimum absolute atomic E-state index is 0.0212. The molecule has 3 rings (SSSR count). The van der Waals surface area contributed by atoms with Crippen LogP contribution in [0.3, 0.4) is 0 Å². The first-order valence-electron chi connectivity index (χ1n) is 10.9.